The molecule has 0 aromatic heterocycles. The number of aliphatic hydroxyl groups is 1. The van der Waals surface area contributed by atoms with E-state index >= 15 is 0 Å². The molecule has 0 bridgehead atoms. The summed E-state index contributed by atoms with van der Waals surface area (Å²) in [4.78, 5) is 0. The lowest BCUT2D eigenvalue weighted by Crippen LogP contribution is -2.37. The Morgan fingerprint density at radius 1 is 1.53 bits per heavy atom. The molecule has 1 rings (SSSR count). The van der Waals surface area contributed by atoms with Crippen LogP contribution in [0.1, 0.15) is 25.0 Å². The van der Waals surface area contributed by atoms with Crippen molar-refractivity contribution in [1.82, 2.24) is 0 Å². The summed E-state index contributed by atoms with van der Waals surface area (Å²) in [7, 11) is -3.68. The highest BCUT2D eigenvalue weighted by Crippen LogP contribution is 2.39. The van der Waals surface area contributed by atoms with E-state index in [0.29, 0.717) is 0 Å². The summed E-state index contributed by atoms with van der Waals surface area (Å²) in [6, 6.07) is 5.11. The first kappa shape index (κ1) is 14.4. The highest BCUT2D eigenvalue weighted by Gasteiger charge is 2.44. The summed E-state index contributed by atoms with van der Waals surface area (Å²) in [6.45, 7) is 1.55. The second kappa shape index (κ2) is 4.92. The van der Waals surface area contributed by atoms with Crippen LogP contribution in [0.3, 0.4) is 0 Å². The molecule has 0 aliphatic rings. The lowest BCUT2D eigenvalue weighted by Gasteiger charge is -2.29. The normalized spacial score (nSPS) is 17.5. The van der Waals surface area contributed by atoms with Crippen molar-refractivity contribution in [2.24, 2.45) is 0 Å². The van der Waals surface area contributed by atoms with Crippen molar-refractivity contribution in [2.45, 2.75) is 23.7 Å². The van der Waals surface area contributed by atoms with E-state index in [-0.39, 0.29) is 12.0 Å². The van der Waals surface area contributed by atoms with Crippen LogP contribution in [0.25, 0.3) is 0 Å². The van der Waals surface area contributed by atoms with Crippen LogP contribution in [0.5, 0.6) is 0 Å². The molecule has 0 radical (unpaired) electrons. The van der Waals surface area contributed by atoms with E-state index in [9.17, 15) is 17.9 Å². The van der Waals surface area contributed by atoms with Crippen LogP contribution in [-0.4, -0.2) is 24.0 Å². The van der Waals surface area contributed by atoms with Gasteiger partial charge in [-0.3, -0.25) is 0 Å². The molecule has 0 aliphatic heterocycles. The number of rotatable bonds is 4. The first-order valence-corrected chi connectivity index (χ1v) is 7.31. The average Bonchev–Trinajstić information content (AvgIpc) is 2.25. The summed E-state index contributed by atoms with van der Waals surface area (Å²) >= 11 is 5.98. The minimum absolute atomic E-state index is 0.0189. The number of alkyl halides is 1. The highest BCUT2D eigenvalue weighted by molar-refractivity contribution is 7.93. The van der Waals surface area contributed by atoms with Gasteiger partial charge in [0, 0.05) is 6.26 Å². The molecule has 3 nitrogen and oxygen atoms in total. The number of sulfone groups is 1. The van der Waals surface area contributed by atoms with Crippen LogP contribution >= 0.6 is 11.6 Å². The van der Waals surface area contributed by atoms with Crippen molar-refractivity contribution in [3.05, 3.63) is 35.6 Å². The molecule has 0 heterocycles. The topological polar surface area (TPSA) is 54.4 Å². The Labute approximate surface area is 105 Å². The maximum Gasteiger partial charge on any atom is 0.174 e. The van der Waals surface area contributed by atoms with Gasteiger partial charge in [0.05, 0.1) is 0 Å². The second-order valence-electron chi connectivity index (χ2n) is 3.87. The molecule has 0 spiro atoms. The van der Waals surface area contributed by atoms with Gasteiger partial charge in [-0.2, -0.15) is 0 Å². The Balaban J connectivity index is 3.24. The zero-order chi connectivity index (χ0) is 13.3. The van der Waals surface area contributed by atoms with Crippen LogP contribution in [-0.2, 0) is 9.84 Å². The minimum Gasteiger partial charge on any atom is -0.385 e. The summed E-state index contributed by atoms with van der Waals surface area (Å²) in [5, 5.41) is 10.0. The monoisotopic (exact) mass is 280 g/mol. The Morgan fingerprint density at radius 2 is 2.12 bits per heavy atom. The van der Waals surface area contributed by atoms with Gasteiger partial charge >= 0.3 is 0 Å². The van der Waals surface area contributed by atoms with Crippen molar-refractivity contribution in [3.8, 4) is 0 Å². The summed E-state index contributed by atoms with van der Waals surface area (Å²) in [5.74, 6) is -0.551. The number of aliphatic hydroxyl groups excluding tert-OH is 1. The molecule has 0 fully saturated rings. The SMILES string of the molecule is CCC(Cl)(C(O)c1cccc(F)c1)S(C)(=O)=O. The van der Waals surface area contributed by atoms with E-state index in [2.05, 4.69) is 0 Å². The Morgan fingerprint density at radius 3 is 2.53 bits per heavy atom. The molecule has 1 aromatic carbocycles. The predicted octanol–water partition coefficient (Wildman–Crippen LogP) is 2.25. The molecule has 0 saturated carbocycles. The average molecular weight is 281 g/mol. The molecule has 2 unspecified atom stereocenters. The fourth-order valence-electron chi connectivity index (χ4n) is 1.58. The molecule has 0 aliphatic carbocycles. The van der Waals surface area contributed by atoms with Crippen LogP contribution in [0.4, 0.5) is 4.39 Å². The van der Waals surface area contributed by atoms with Crippen molar-refractivity contribution in [1.29, 1.82) is 0 Å². The largest absolute Gasteiger partial charge is 0.385 e. The molecular weight excluding hydrogens is 267 g/mol. The number of halogens is 2. The van der Waals surface area contributed by atoms with Gasteiger partial charge in [-0.15, -0.1) is 0 Å². The Bertz CT molecular complexity index is 503. The smallest absolute Gasteiger partial charge is 0.174 e. The quantitative estimate of drug-likeness (QED) is 0.861. The lowest BCUT2D eigenvalue weighted by molar-refractivity contribution is 0.154. The second-order valence-corrected chi connectivity index (χ2v) is 7.04. The molecule has 1 aromatic rings. The van der Waals surface area contributed by atoms with Gasteiger partial charge in [-0.05, 0) is 24.1 Å². The van der Waals surface area contributed by atoms with Gasteiger partial charge in [-0.1, -0.05) is 30.7 Å². The maximum atomic E-state index is 13.0. The van der Waals surface area contributed by atoms with E-state index in [4.69, 9.17) is 11.6 Å². The third kappa shape index (κ3) is 2.78. The van der Waals surface area contributed by atoms with Crippen molar-refractivity contribution in [2.75, 3.05) is 6.26 Å². The van der Waals surface area contributed by atoms with Gasteiger partial charge in [0.15, 0.2) is 14.0 Å². The first-order chi connectivity index (χ1) is 7.72. The summed E-state index contributed by atoms with van der Waals surface area (Å²) in [5.41, 5.74) is 0.146. The fourth-order valence-corrected chi connectivity index (χ4v) is 2.78. The molecular formula is C11H14ClFO3S. The maximum absolute atomic E-state index is 13.0. The van der Waals surface area contributed by atoms with E-state index < -0.39 is 26.0 Å². The zero-order valence-corrected chi connectivity index (χ0v) is 11.1. The van der Waals surface area contributed by atoms with E-state index in [1.54, 1.807) is 6.92 Å². The van der Waals surface area contributed by atoms with E-state index in [1.807, 2.05) is 0 Å². The highest BCUT2D eigenvalue weighted by atomic mass is 35.5. The third-order valence-corrected chi connectivity index (χ3v) is 5.73. The van der Waals surface area contributed by atoms with Gasteiger partial charge in [-0.25, -0.2) is 12.8 Å². The van der Waals surface area contributed by atoms with Crippen LogP contribution in [0.15, 0.2) is 24.3 Å². The number of benzene rings is 1. The molecule has 0 amide bonds. The summed E-state index contributed by atoms with van der Waals surface area (Å²) in [6.07, 6.45) is -0.503. The van der Waals surface area contributed by atoms with Crippen molar-refractivity contribution >= 4 is 21.4 Å². The van der Waals surface area contributed by atoms with Crippen molar-refractivity contribution in [3.63, 3.8) is 0 Å². The summed E-state index contributed by atoms with van der Waals surface area (Å²) < 4.78 is 34.4. The standard InChI is InChI=1S/C11H14ClFO3S/c1-3-11(12,17(2,15)16)10(14)8-5-4-6-9(13)7-8/h4-7,10,14H,3H2,1-2H3. The van der Waals surface area contributed by atoms with Crippen LogP contribution < -0.4 is 0 Å². The lowest BCUT2D eigenvalue weighted by atomic mass is 10.0. The molecule has 17 heavy (non-hydrogen) atoms. The van der Waals surface area contributed by atoms with Gasteiger partial charge in [0.1, 0.15) is 11.9 Å². The number of hydrogen-bond acceptors (Lipinski definition) is 3. The van der Waals surface area contributed by atoms with Crippen LogP contribution in [0.2, 0.25) is 0 Å². The Kier molecular flexibility index (Phi) is 4.17. The molecule has 0 saturated heterocycles. The minimum atomic E-state index is -3.68. The predicted molar refractivity (Wildman–Crippen MR) is 65.1 cm³/mol. The third-order valence-electron chi connectivity index (χ3n) is 2.67. The van der Waals surface area contributed by atoms with E-state index in [0.717, 1.165) is 12.3 Å². The van der Waals surface area contributed by atoms with E-state index in [1.165, 1.54) is 18.2 Å². The number of hydrogen-bond donors (Lipinski definition) is 1. The molecule has 96 valence electrons. The van der Waals surface area contributed by atoms with Gasteiger partial charge in [0.2, 0.25) is 0 Å². The van der Waals surface area contributed by atoms with Gasteiger partial charge < -0.3 is 5.11 Å². The molecule has 1 N–H and O–H groups in total. The molecule has 2 atom stereocenters. The first-order valence-electron chi connectivity index (χ1n) is 5.04. The van der Waals surface area contributed by atoms with Crippen LogP contribution in [0, 0.1) is 5.82 Å². The Hall–Kier alpha value is -0.650. The molecule has 6 heteroatoms. The van der Waals surface area contributed by atoms with Gasteiger partial charge in [0.25, 0.3) is 0 Å². The fraction of sp³-hybridized carbons (Fsp3) is 0.455. The zero-order valence-electron chi connectivity index (χ0n) is 9.52. The van der Waals surface area contributed by atoms with Crippen molar-refractivity contribution < 1.29 is 17.9 Å².